The Labute approximate surface area is 94.4 Å². The lowest BCUT2D eigenvalue weighted by Crippen LogP contribution is -2.08. The molecule has 0 N–H and O–H groups in total. The van der Waals surface area contributed by atoms with Gasteiger partial charge in [-0.15, -0.1) is 0 Å². The van der Waals surface area contributed by atoms with E-state index in [0.717, 1.165) is 12.0 Å². The molecule has 0 aromatic heterocycles. The van der Waals surface area contributed by atoms with E-state index in [1.54, 1.807) is 18.2 Å². The fourth-order valence-electron chi connectivity index (χ4n) is 1.93. The molecule has 0 radical (unpaired) electrons. The Morgan fingerprint density at radius 2 is 2.19 bits per heavy atom. The Hall–Kier alpha value is -1.64. The van der Waals surface area contributed by atoms with E-state index < -0.39 is 0 Å². The van der Waals surface area contributed by atoms with Crippen molar-refractivity contribution in [3.05, 3.63) is 29.3 Å². The summed E-state index contributed by atoms with van der Waals surface area (Å²) in [6.45, 7) is 1.93. The molecule has 3 heteroatoms. The Kier molecular flexibility index (Phi) is 3.04. The van der Waals surface area contributed by atoms with Crippen LogP contribution in [0.2, 0.25) is 0 Å². The van der Waals surface area contributed by atoms with Gasteiger partial charge in [0.1, 0.15) is 5.75 Å². The van der Waals surface area contributed by atoms with Gasteiger partial charge in [-0.25, -0.2) is 0 Å². The summed E-state index contributed by atoms with van der Waals surface area (Å²) < 4.78 is 5.25. The molecule has 0 saturated heterocycles. The molecule has 1 aromatic rings. The van der Waals surface area contributed by atoms with Crippen LogP contribution >= 0.6 is 0 Å². The van der Waals surface area contributed by atoms with E-state index in [9.17, 15) is 9.59 Å². The summed E-state index contributed by atoms with van der Waals surface area (Å²) in [7, 11) is 0. The zero-order valence-electron chi connectivity index (χ0n) is 9.29. The number of fused-ring (bicyclic) bond motifs is 1. The number of ketones is 1. The van der Waals surface area contributed by atoms with Gasteiger partial charge in [-0.05, 0) is 18.9 Å². The van der Waals surface area contributed by atoms with Crippen LogP contribution in [-0.2, 0) is 11.2 Å². The summed E-state index contributed by atoms with van der Waals surface area (Å²) in [6.07, 6.45) is 2.39. The van der Waals surface area contributed by atoms with E-state index in [1.807, 2.05) is 6.92 Å². The first kappa shape index (κ1) is 10.9. The molecule has 0 spiro atoms. The van der Waals surface area contributed by atoms with Crippen LogP contribution in [0.3, 0.4) is 0 Å². The third kappa shape index (κ3) is 1.98. The largest absolute Gasteiger partial charge is 0.426 e. The lowest BCUT2D eigenvalue weighted by Gasteiger charge is -2.07. The highest BCUT2D eigenvalue weighted by molar-refractivity contribution is 6.01. The van der Waals surface area contributed by atoms with Crippen molar-refractivity contribution >= 4 is 11.8 Å². The molecule has 0 unspecified atom stereocenters. The van der Waals surface area contributed by atoms with E-state index >= 15 is 0 Å². The molecule has 0 fully saturated rings. The number of hydrogen-bond acceptors (Lipinski definition) is 3. The Morgan fingerprint density at radius 3 is 2.94 bits per heavy atom. The van der Waals surface area contributed by atoms with Crippen molar-refractivity contribution < 1.29 is 14.3 Å². The molecule has 84 valence electrons. The van der Waals surface area contributed by atoms with Crippen molar-refractivity contribution in [2.24, 2.45) is 0 Å². The first-order chi connectivity index (χ1) is 7.72. The molecule has 0 bridgehead atoms. The van der Waals surface area contributed by atoms with Crippen LogP contribution in [0.4, 0.5) is 0 Å². The molecule has 1 aliphatic carbocycles. The van der Waals surface area contributed by atoms with E-state index in [0.29, 0.717) is 30.6 Å². The SMILES string of the molecule is CCCC(=O)Oc1cccc2c1CCC2=O. The molecular weight excluding hydrogens is 204 g/mol. The van der Waals surface area contributed by atoms with Crippen LogP contribution < -0.4 is 4.74 Å². The molecule has 1 aliphatic rings. The zero-order chi connectivity index (χ0) is 11.5. The molecule has 16 heavy (non-hydrogen) atoms. The number of Topliss-reactive ketones (excluding diaryl/α,β-unsaturated/α-hetero) is 1. The van der Waals surface area contributed by atoms with Crippen LogP contribution in [0, 0.1) is 0 Å². The summed E-state index contributed by atoms with van der Waals surface area (Å²) in [5.41, 5.74) is 1.60. The zero-order valence-corrected chi connectivity index (χ0v) is 9.29. The normalized spacial score (nSPS) is 13.7. The van der Waals surface area contributed by atoms with Gasteiger partial charge in [0.15, 0.2) is 5.78 Å². The fourth-order valence-corrected chi connectivity index (χ4v) is 1.93. The van der Waals surface area contributed by atoms with Crippen molar-refractivity contribution in [2.75, 3.05) is 0 Å². The summed E-state index contributed by atoms with van der Waals surface area (Å²) in [4.78, 5) is 22.9. The number of ether oxygens (including phenoxy) is 1. The summed E-state index contributed by atoms with van der Waals surface area (Å²) in [6, 6.07) is 5.31. The number of carbonyl (C=O) groups excluding carboxylic acids is 2. The van der Waals surface area contributed by atoms with Crippen LogP contribution in [0.25, 0.3) is 0 Å². The van der Waals surface area contributed by atoms with Crippen LogP contribution in [-0.4, -0.2) is 11.8 Å². The second-order valence-electron chi connectivity index (χ2n) is 3.93. The van der Waals surface area contributed by atoms with Gasteiger partial charge in [0.25, 0.3) is 0 Å². The second kappa shape index (κ2) is 4.47. The molecule has 0 heterocycles. The predicted octanol–water partition coefficient (Wildman–Crippen LogP) is 2.52. The molecule has 0 atom stereocenters. The maximum atomic E-state index is 11.5. The third-order valence-electron chi connectivity index (χ3n) is 2.71. The molecule has 1 aromatic carbocycles. The van der Waals surface area contributed by atoms with Crippen molar-refractivity contribution in [3.63, 3.8) is 0 Å². The Bertz CT molecular complexity index is 435. The fraction of sp³-hybridized carbons (Fsp3) is 0.385. The molecule has 2 rings (SSSR count). The Morgan fingerprint density at radius 1 is 1.38 bits per heavy atom. The van der Waals surface area contributed by atoms with Gasteiger partial charge in [0, 0.05) is 24.0 Å². The first-order valence-electron chi connectivity index (χ1n) is 5.58. The summed E-state index contributed by atoms with van der Waals surface area (Å²) in [5.74, 6) is 0.473. The minimum absolute atomic E-state index is 0.142. The van der Waals surface area contributed by atoms with E-state index in [-0.39, 0.29) is 11.8 Å². The van der Waals surface area contributed by atoms with Gasteiger partial charge in [0.05, 0.1) is 0 Å². The average molecular weight is 218 g/mol. The molecule has 0 saturated carbocycles. The molecule has 0 amide bonds. The predicted molar refractivity (Wildman–Crippen MR) is 59.6 cm³/mol. The standard InChI is InChI=1S/C13H14O3/c1-2-4-13(15)16-12-6-3-5-9-10(12)7-8-11(9)14/h3,5-6H,2,4,7-8H2,1H3. The van der Waals surface area contributed by atoms with E-state index in [4.69, 9.17) is 4.74 Å². The van der Waals surface area contributed by atoms with Gasteiger partial charge in [-0.3, -0.25) is 9.59 Å². The van der Waals surface area contributed by atoms with E-state index in [2.05, 4.69) is 0 Å². The highest BCUT2D eigenvalue weighted by Gasteiger charge is 2.23. The summed E-state index contributed by atoms with van der Waals surface area (Å²) in [5, 5.41) is 0. The number of rotatable bonds is 3. The third-order valence-corrected chi connectivity index (χ3v) is 2.71. The molecule has 0 aliphatic heterocycles. The van der Waals surface area contributed by atoms with Crippen molar-refractivity contribution in [1.29, 1.82) is 0 Å². The van der Waals surface area contributed by atoms with Gasteiger partial charge in [-0.1, -0.05) is 19.1 Å². The molecular formula is C13H14O3. The quantitative estimate of drug-likeness (QED) is 0.578. The number of esters is 1. The monoisotopic (exact) mass is 218 g/mol. The minimum Gasteiger partial charge on any atom is -0.426 e. The topological polar surface area (TPSA) is 43.4 Å². The van der Waals surface area contributed by atoms with Crippen LogP contribution in [0.5, 0.6) is 5.75 Å². The number of benzene rings is 1. The lowest BCUT2D eigenvalue weighted by atomic mass is 10.1. The Balaban J connectivity index is 2.23. The highest BCUT2D eigenvalue weighted by atomic mass is 16.5. The summed E-state index contributed by atoms with van der Waals surface area (Å²) >= 11 is 0. The van der Waals surface area contributed by atoms with E-state index in [1.165, 1.54) is 0 Å². The van der Waals surface area contributed by atoms with Gasteiger partial charge >= 0.3 is 5.97 Å². The first-order valence-corrected chi connectivity index (χ1v) is 5.58. The number of carbonyl (C=O) groups is 2. The maximum Gasteiger partial charge on any atom is 0.311 e. The number of hydrogen-bond donors (Lipinski definition) is 0. The lowest BCUT2D eigenvalue weighted by molar-refractivity contribution is -0.134. The minimum atomic E-state index is -0.227. The second-order valence-corrected chi connectivity index (χ2v) is 3.93. The highest BCUT2D eigenvalue weighted by Crippen LogP contribution is 2.30. The molecule has 3 nitrogen and oxygen atoms in total. The van der Waals surface area contributed by atoms with Gasteiger partial charge < -0.3 is 4.74 Å². The maximum absolute atomic E-state index is 11.5. The van der Waals surface area contributed by atoms with Crippen LogP contribution in [0.1, 0.15) is 42.1 Å². The van der Waals surface area contributed by atoms with Crippen molar-refractivity contribution in [2.45, 2.75) is 32.6 Å². The average Bonchev–Trinajstić information content (AvgIpc) is 2.62. The van der Waals surface area contributed by atoms with Crippen molar-refractivity contribution in [1.82, 2.24) is 0 Å². The van der Waals surface area contributed by atoms with Crippen molar-refractivity contribution in [3.8, 4) is 5.75 Å². The van der Waals surface area contributed by atoms with Crippen LogP contribution in [0.15, 0.2) is 18.2 Å². The van der Waals surface area contributed by atoms with Gasteiger partial charge in [-0.2, -0.15) is 0 Å². The van der Waals surface area contributed by atoms with Gasteiger partial charge in [0.2, 0.25) is 0 Å². The smallest absolute Gasteiger partial charge is 0.311 e.